The van der Waals surface area contributed by atoms with Gasteiger partial charge in [-0.1, -0.05) is 6.08 Å². The molecule has 0 aromatic heterocycles. The Morgan fingerprint density at radius 1 is 1.67 bits per heavy atom. The maximum Gasteiger partial charge on any atom is 0.133 e. The summed E-state index contributed by atoms with van der Waals surface area (Å²) in [7, 11) is 0. The molecule has 1 aliphatic rings. The first kappa shape index (κ1) is 6.53. The number of ketones is 1. The van der Waals surface area contributed by atoms with Crippen molar-refractivity contribution in [2.75, 3.05) is 0 Å². The van der Waals surface area contributed by atoms with Gasteiger partial charge in [-0.2, -0.15) is 0 Å². The first-order chi connectivity index (χ1) is 4.33. The summed E-state index contributed by atoms with van der Waals surface area (Å²) in [5.41, 5.74) is 0. The molecule has 1 nitrogen and oxygen atoms in total. The molecule has 1 unspecified atom stereocenters. The summed E-state index contributed by atoms with van der Waals surface area (Å²) in [4.78, 5) is 10.8. The SMILES string of the molecule is C=CC1CCCC(=O)C1. The minimum atomic E-state index is 0.408. The van der Waals surface area contributed by atoms with Gasteiger partial charge >= 0.3 is 0 Å². The zero-order valence-electron chi connectivity index (χ0n) is 5.60. The van der Waals surface area contributed by atoms with Crippen LogP contribution >= 0.6 is 0 Å². The molecule has 0 amide bonds. The second kappa shape index (κ2) is 2.81. The Morgan fingerprint density at radius 3 is 2.89 bits per heavy atom. The predicted octanol–water partition coefficient (Wildman–Crippen LogP) is 1.93. The second-order valence-corrected chi connectivity index (χ2v) is 2.63. The van der Waals surface area contributed by atoms with Gasteiger partial charge in [-0.05, 0) is 18.8 Å². The lowest BCUT2D eigenvalue weighted by molar-refractivity contribution is -0.121. The fourth-order valence-corrected chi connectivity index (χ4v) is 1.26. The van der Waals surface area contributed by atoms with Crippen LogP contribution in [0.15, 0.2) is 12.7 Å². The molecule has 1 aliphatic carbocycles. The molecule has 1 saturated carbocycles. The molecule has 0 aromatic carbocycles. The van der Waals surface area contributed by atoms with Gasteiger partial charge in [0, 0.05) is 12.8 Å². The Bertz CT molecular complexity index is 127. The third-order valence-corrected chi connectivity index (χ3v) is 1.85. The van der Waals surface area contributed by atoms with Gasteiger partial charge < -0.3 is 0 Å². The van der Waals surface area contributed by atoms with Crippen LogP contribution in [0.4, 0.5) is 0 Å². The van der Waals surface area contributed by atoms with Gasteiger partial charge in [0.25, 0.3) is 0 Å². The van der Waals surface area contributed by atoms with Gasteiger partial charge in [0.1, 0.15) is 5.78 Å². The van der Waals surface area contributed by atoms with Crippen LogP contribution in [0.5, 0.6) is 0 Å². The van der Waals surface area contributed by atoms with E-state index >= 15 is 0 Å². The summed E-state index contributed by atoms with van der Waals surface area (Å²) in [6.45, 7) is 3.67. The van der Waals surface area contributed by atoms with Gasteiger partial charge in [0.05, 0.1) is 0 Å². The quantitative estimate of drug-likeness (QED) is 0.488. The highest BCUT2D eigenvalue weighted by Crippen LogP contribution is 2.21. The topological polar surface area (TPSA) is 17.1 Å². The molecule has 0 saturated heterocycles. The Morgan fingerprint density at radius 2 is 2.44 bits per heavy atom. The lowest BCUT2D eigenvalue weighted by Gasteiger charge is -2.15. The molecule has 0 spiro atoms. The van der Waals surface area contributed by atoms with Crippen molar-refractivity contribution < 1.29 is 4.79 Å². The lowest BCUT2D eigenvalue weighted by Crippen LogP contribution is -2.12. The minimum absolute atomic E-state index is 0.408. The Hall–Kier alpha value is -0.590. The Labute approximate surface area is 55.8 Å². The predicted molar refractivity (Wildman–Crippen MR) is 37.2 cm³/mol. The molecule has 0 bridgehead atoms. The van der Waals surface area contributed by atoms with E-state index in [1.54, 1.807) is 0 Å². The number of carbonyl (C=O) groups is 1. The van der Waals surface area contributed by atoms with Gasteiger partial charge in [-0.15, -0.1) is 6.58 Å². The molecule has 9 heavy (non-hydrogen) atoms. The highest BCUT2D eigenvalue weighted by molar-refractivity contribution is 5.79. The Balaban J connectivity index is 2.40. The van der Waals surface area contributed by atoms with E-state index in [0.29, 0.717) is 11.7 Å². The molecule has 0 radical (unpaired) electrons. The van der Waals surface area contributed by atoms with Crippen molar-refractivity contribution in [1.29, 1.82) is 0 Å². The fourth-order valence-electron chi connectivity index (χ4n) is 1.26. The van der Waals surface area contributed by atoms with Crippen LogP contribution in [-0.4, -0.2) is 5.78 Å². The number of carbonyl (C=O) groups excluding carboxylic acids is 1. The average Bonchev–Trinajstić information content (AvgIpc) is 1.88. The van der Waals surface area contributed by atoms with Gasteiger partial charge in [-0.25, -0.2) is 0 Å². The van der Waals surface area contributed by atoms with E-state index in [0.717, 1.165) is 25.7 Å². The summed E-state index contributed by atoms with van der Waals surface area (Å²) in [5, 5.41) is 0. The van der Waals surface area contributed by atoms with Gasteiger partial charge in [-0.3, -0.25) is 4.79 Å². The summed E-state index contributed by atoms with van der Waals surface area (Å²) >= 11 is 0. The molecular formula is C8H12O. The summed E-state index contributed by atoms with van der Waals surface area (Å²) in [6, 6.07) is 0. The zero-order valence-corrected chi connectivity index (χ0v) is 5.60. The first-order valence-corrected chi connectivity index (χ1v) is 3.47. The molecule has 0 heterocycles. The van der Waals surface area contributed by atoms with Crippen LogP contribution < -0.4 is 0 Å². The summed E-state index contributed by atoms with van der Waals surface area (Å²) < 4.78 is 0. The maximum atomic E-state index is 10.8. The van der Waals surface area contributed by atoms with Crippen LogP contribution in [0.1, 0.15) is 25.7 Å². The maximum absolute atomic E-state index is 10.8. The molecule has 0 N–H and O–H groups in total. The lowest BCUT2D eigenvalue weighted by atomic mass is 9.89. The summed E-state index contributed by atoms with van der Waals surface area (Å²) in [5.74, 6) is 0.886. The number of Topliss-reactive ketones (excluding diaryl/α,β-unsaturated/α-hetero) is 1. The first-order valence-electron chi connectivity index (χ1n) is 3.47. The largest absolute Gasteiger partial charge is 0.300 e. The van der Waals surface area contributed by atoms with E-state index in [2.05, 4.69) is 6.58 Å². The fraction of sp³-hybridized carbons (Fsp3) is 0.625. The van der Waals surface area contributed by atoms with E-state index in [1.807, 2.05) is 6.08 Å². The van der Waals surface area contributed by atoms with Crippen LogP contribution in [0, 0.1) is 5.92 Å². The molecule has 1 rings (SSSR count). The molecule has 0 aliphatic heterocycles. The van der Waals surface area contributed by atoms with E-state index in [-0.39, 0.29) is 0 Å². The van der Waals surface area contributed by atoms with E-state index in [4.69, 9.17) is 0 Å². The van der Waals surface area contributed by atoms with Crippen molar-refractivity contribution in [3.05, 3.63) is 12.7 Å². The number of hydrogen-bond acceptors (Lipinski definition) is 1. The second-order valence-electron chi connectivity index (χ2n) is 2.63. The Kier molecular flexibility index (Phi) is 2.04. The molecule has 1 fully saturated rings. The van der Waals surface area contributed by atoms with Crippen molar-refractivity contribution >= 4 is 5.78 Å². The van der Waals surface area contributed by atoms with Crippen LogP contribution in [0.2, 0.25) is 0 Å². The zero-order chi connectivity index (χ0) is 6.69. The number of allylic oxidation sites excluding steroid dienone is 1. The van der Waals surface area contributed by atoms with Crippen LogP contribution in [0.25, 0.3) is 0 Å². The molecule has 1 heteroatoms. The molecule has 0 aromatic rings. The molecular weight excluding hydrogens is 112 g/mol. The van der Waals surface area contributed by atoms with Crippen molar-refractivity contribution in [2.45, 2.75) is 25.7 Å². The van der Waals surface area contributed by atoms with Crippen molar-refractivity contribution in [3.63, 3.8) is 0 Å². The highest BCUT2D eigenvalue weighted by atomic mass is 16.1. The smallest absolute Gasteiger partial charge is 0.133 e. The van der Waals surface area contributed by atoms with Crippen LogP contribution in [0.3, 0.4) is 0 Å². The van der Waals surface area contributed by atoms with Crippen molar-refractivity contribution in [3.8, 4) is 0 Å². The van der Waals surface area contributed by atoms with Gasteiger partial charge in [0.15, 0.2) is 0 Å². The number of rotatable bonds is 1. The molecule has 1 atom stereocenters. The summed E-state index contributed by atoms with van der Waals surface area (Å²) in [6.07, 6.45) is 5.66. The number of hydrogen-bond donors (Lipinski definition) is 0. The van der Waals surface area contributed by atoms with Crippen molar-refractivity contribution in [2.24, 2.45) is 5.92 Å². The van der Waals surface area contributed by atoms with Crippen LogP contribution in [-0.2, 0) is 4.79 Å². The van der Waals surface area contributed by atoms with Gasteiger partial charge in [0.2, 0.25) is 0 Å². The minimum Gasteiger partial charge on any atom is -0.300 e. The average molecular weight is 124 g/mol. The third-order valence-electron chi connectivity index (χ3n) is 1.85. The van der Waals surface area contributed by atoms with E-state index < -0.39 is 0 Å². The third kappa shape index (κ3) is 1.67. The van der Waals surface area contributed by atoms with Crippen molar-refractivity contribution in [1.82, 2.24) is 0 Å². The standard InChI is InChI=1S/C8H12O/c1-2-7-4-3-5-8(9)6-7/h2,7H,1,3-6H2. The normalized spacial score (nSPS) is 28.0. The highest BCUT2D eigenvalue weighted by Gasteiger charge is 2.15. The monoisotopic (exact) mass is 124 g/mol. The molecule has 50 valence electrons. The van der Waals surface area contributed by atoms with E-state index in [1.165, 1.54) is 0 Å². The van der Waals surface area contributed by atoms with E-state index in [9.17, 15) is 4.79 Å².